The molecule has 0 aromatic heterocycles. The summed E-state index contributed by atoms with van der Waals surface area (Å²) in [7, 11) is 1.00. The Bertz CT molecular complexity index is 347. The normalized spacial score (nSPS) is 10.4. The van der Waals surface area contributed by atoms with Gasteiger partial charge in [-0.15, -0.1) is 0 Å². The van der Waals surface area contributed by atoms with Gasteiger partial charge in [-0.05, 0) is 37.0 Å². The van der Waals surface area contributed by atoms with Crippen molar-refractivity contribution in [2.75, 3.05) is 7.11 Å². The average Bonchev–Trinajstić information content (AvgIpc) is 2.42. The van der Waals surface area contributed by atoms with Crippen LogP contribution in [0.4, 0.5) is 0 Å². The highest BCUT2D eigenvalue weighted by molar-refractivity contribution is 5.78. The van der Waals surface area contributed by atoms with Crippen molar-refractivity contribution in [1.82, 2.24) is 0 Å². The molecule has 0 saturated heterocycles. The molecule has 0 aliphatic heterocycles. The quantitative estimate of drug-likeness (QED) is 0.814. The molecule has 1 aromatic carbocycles. The Hall–Kier alpha value is -1.19. The third-order valence-corrected chi connectivity index (χ3v) is 2.65. The van der Waals surface area contributed by atoms with Crippen LogP contribution in [0.15, 0.2) is 12.1 Å². The fourth-order valence-corrected chi connectivity index (χ4v) is 1.82. The van der Waals surface area contributed by atoms with Crippen LogP contribution in [0.2, 0.25) is 0 Å². The number of aliphatic hydroxyl groups excluding tert-OH is 1. The molecule has 0 aliphatic rings. The molecule has 3 nitrogen and oxygen atoms in total. The first-order valence-corrected chi connectivity index (χ1v) is 6.39. The van der Waals surface area contributed by atoms with Crippen LogP contribution in [0.3, 0.4) is 0 Å². The van der Waals surface area contributed by atoms with Gasteiger partial charge in [-0.2, -0.15) is 0 Å². The van der Waals surface area contributed by atoms with E-state index in [1.54, 1.807) is 0 Å². The van der Waals surface area contributed by atoms with Gasteiger partial charge in [0.05, 0.1) is 0 Å². The fraction of sp³-hybridized carbons (Fsp3) is 0.533. The summed E-state index contributed by atoms with van der Waals surface area (Å²) in [5, 5.41) is 7.00. The highest BCUT2D eigenvalue weighted by Crippen LogP contribution is 2.22. The minimum absolute atomic E-state index is 0.0318. The molecule has 1 atom stereocenters. The van der Waals surface area contributed by atoms with E-state index in [0.29, 0.717) is 0 Å². The molecule has 18 heavy (non-hydrogen) atoms. The summed E-state index contributed by atoms with van der Waals surface area (Å²) in [5.74, 6) is 0. The molecule has 3 N–H and O–H groups in total. The summed E-state index contributed by atoms with van der Waals surface area (Å²) in [5.41, 5.74) is 10.1. The Labute approximate surface area is 111 Å². The number of carbonyl (C=O) groups is 1. The van der Waals surface area contributed by atoms with E-state index in [1.165, 1.54) is 5.56 Å². The largest absolute Gasteiger partial charge is 0.400 e. The van der Waals surface area contributed by atoms with Gasteiger partial charge in [-0.3, -0.25) is 4.79 Å². The summed E-state index contributed by atoms with van der Waals surface area (Å²) < 4.78 is 0. The molecule has 1 unspecified atom stereocenters. The standard InChI is InChI=1S/C12H17NO.C2H6.CH4O/c1-4-11-8(2)10(7-14)5-6-12(11)9(3)13;2*1-2/h5-7,9H,4,13H2,1-3H3;1-2H3;2H,1H3. The molecule has 104 valence electrons. The number of nitrogens with two attached hydrogens (primary N) is 1. The predicted molar refractivity (Wildman–Crippen MR) is 78.0 cm³/mol. The Morgan fingerprint density at radius 1 is 1.33 bits per heavy atom. The van der Waals surface area contributed by atoms with Crippen LogP contribution in [-0.4, -0.2) is 18.5 Å². The number of aldehydes is 1. The number of aliphatic hydroxyl groups is 1. The van der Waals surface area contributed by atoms with Crippen molar-refractivity contribution in [3.63, 3.8) is 0 Å². The van der Waals surface area contributed by atoms with Gasteiger partial charge in [-0.1, -0.05) is 32.9 Å². The van der Waals surface area contributed by atoms with E-state index < -0.39 is 0 Å². The zero-order valence-electron chi connectivity index (χ0n) is 12.4. The van der Waals surface area contributed by atoms with Crippen molar-refractivity contribution in [3.05, 3.63) is 34.4 Å². The SMILES string of the molecule is CC.CCc1c(C(C)N)ccc(C=O)c1C.CO. The van der Waals surface area contributed by atoms with E-state index >= 15 is 0 Å². The van der Waals surface area contributed by atoms with E-state index in [1.807, 2.05) is 39.8 Å². The topological polar surface area (TPSA) is 63.3 Å². The lowest BCUT2D eigenvalue weighted by molar-refractivity contribution is 0.112. The molecule has 0 aliphatic carbocycles. The predicted octanol–water partition coefficient (Wildman–Crippen LogP) is 3.02. The van der Waals surface area contributed by atoms with Crippen LogP contribution in [0.25, 0.3) is 0 Å². The molecule has 0 heterocycles. The molecule has 0 fully saturated rings. The van der Waals surface area contributed by atoms with Crippen molar-refractivity contribution in [2.24, 2.45) is 5.73 Å². The van der Waals surface area contributed by atoms with Crippen LogP contribution in [0, 0.1) is 6.92 Å². The molecule has 1 aromatic rings. The van der Waals surface area contributed by atoms with Crippen LogP contribution in [-0.2, 0) is 6.42 Å². The van der Waals surface area contributed by atoms with Crippen molar-refractivity contribution in [1.29, 1.82) is 0 Å². The Morgan fingerprint density at radius 2 is 1.83 bits per heavy atom. The van der Waals surface area contributed by atoms with Gasteiger partial charge < -0.3 is 10.8 Å². The highest BCUT2D eigenvalue weighted by Gasteiger charge is 2.10. The lowest BCUT2D eigenvalue weighted by atomic mass is 9.92. The van der Waals surface area contributed by atoms with Crippen LogP contribution in [0.5, 0.6) is 0 Å². The van der Waals surface area contributed by atoms with Crippen molar-refractivity contribution < 1.29 is 9.90 Å². The summed E-state index contributed by atoms with van der Waals surface area (Å²) in [4.78, 5) is 10.7. The zero-order chi connectivity index (χ0) is 14.7. The minimum atomic E-state index is 0.0318. The molecule has 0 radical (unpaired) electrons. The molecule has 0 saturated carbocycles. The third kappa shape index (κ3) is 4.98. The lowest BCUT2D eigenvalue weighted by Gasteiger charge is -2.15. The minimum Gasteiger partial charge on any atom is -0.400 e. The van der Waals surface area contributed by atoms with E-state index in [0.717, 1.165) is 36.5 Å². The highest BCUT2D eigenvalue weighted by atomic mass is 16.2. The number of hydrogen-bond donors (Lipinski definition) is 2. The molecule has 3 heteroatoms. The van der Waals surface area contributed by atoms with Gasteiger partial charge >= 0.3 is 0 Å². The first-order valence-electron chi connectivity index (χ1n) is 6.39. The molecule has 0 amide bonds. The average molecular weight is 253 g/mol. The molecule has 0 spiro atoms. The van der Waals surface area contributed by atoms with Gasteiger partial charge in [0.15, 0.2) is 0 Å². The third-order valence-electron chi connectivity index (χ3n) is 2.65. The lowest BCUT2D eigenvalue weighted by Crippen LogP contribution is -2.10. The first kappa shape index (κ1) is 19.2. The smallest absolute Gasteiger partial charge is 0.150 e. The zero-order valence-corrected chi connectivity index (χ0v) is 12.4. The van der Waals surface area contributed by atoms with E-state index in [9.17, 15) is 4.79 Å². The van der Waals surface area contributed by atoms with Crippen molar-refractivity contribution >= 4 is 6.29 Å². The maximum atomic E-state index is 10.7. The number of benzene rings is 1. The van der Waals surface area contributed by atoms with Crippen molar-refractivity contribution in [3.8, 4) is 0 Å². The van der Waals surface area contributed by atoms with Gasteiger partial charge in [0.1, 0.15) is 6.29 Å². The number of carbonyl (C=O) groups excluding carboxylic acids is 1. The Balaban J connectivity index is 0. The molecule has 0 bridgehead atoms. The van der Waals surface area contributed by atoms with E-state index in [2.05, 4.69) is 6.92 Å². The number of hydrogen-bond acceptors (Lipinski definition) is 3. The molecular weight excluding hydrogens is 226 g/mol. The first-order chi connectivity index (χ1) is 8.61. The Kier molecular flexibility index (Phi) is 11.6. The molecular formula is C15H27NO2. The van der Waals surface area contributed by atoms with Crippen LogP contribution >= 0.6 is 0 Å². The van der Waals surface area contributed by atoms with Gasteiger partial charge in [0, 0.05) is 18.7 Å². The van der Waals surface area contributed by atoms with Gasteiger partial charge in [-0.25, -0.2) is 0 Å². The second kappa shape index (κ2) is 10.9. The number of rotatable bonds is 3. The van der Waals surface area contributed by atoms with Crippen LogP contribution < -0.4 is 5.73 Å². The summed E-state index contributed by atoms with van der Waals surface area (Å²) >= 11 is 0. The fourth-order valence-electron chi connectivity index (χ4n) is 1.82. The summed E-state index contributed by atoms with van der Waals surface area (Å²) in [6.45, 7) is 10.0. The van der Waals surface area contributed by atoms with Crippen LogP contribution in [0.1, 0.15) is 60.8 Å². The van der Waals surface area contributed by atoms with Gasteiger partial charge in [0.25, 0.3) is 0 Å². The maximum absolute atomic E-state index is 10.7. The van der Waals surface area contributed by atoms with E-state index in [4.69, 9.17) is 10.8 Å². The monoisotopic (exact) mass is 253 g/mol. The summed E-state index contributed by atoms with van der Waals surface area (Å²) in [6.07, 6.45) is 1.82. The van der Waals surface area contributed by atoms with Gasteiger partial charge in [0.2, 0.25) is 0 Å². The second-order valence-electron chi connectivity index (χ2n) is 3.61. The Morgan fingerprint density at radius 3 is 2.17 bits per heavy atom. The molecule has 1 rings (SSSR count). The van der Waals surface area contributed by atoms with Crippen molar-refractivity contribution in [2.45, 2.75) is 47.1 Å². The van der Waals surface area contributed by atoms with E-state index in [-0.39, 0.29) is 6.04 Å². The summed E-state index contributed by atoms with van der Waals surface area (Å²) in [6, 6.07) is 3.84. The maximum Gasteiger partial charge on any atom is 0.150 e. The second-order valence-corrected chi connectivity index (χ2v) is 3.61.